The Labute approximate surface area is 119 Å². The number of benzene rings is 1. The number of nitrogens with one attached hydrogen (secondary N) is 2. The molecule has 0 spiro atoms. The molecule has 6 nitrogen and oxygen atoms in total. The largest absolute Gasteiger partial charge is 0.386 e. The number of aliphatic hydroxyl groups is 1. The van der Waals surface area contributed by atoms with Crippen LogP contribution < -0.4 is 10.0 Å². The van der Waals surface area contributed by atoms with Crippen molar-refractivity contribution in [3.63, 3.8) is 0 Å². The van der Waals surface area contributed by atoms with E-state index in [0.717, 1.165) is 18.2 Å². The molecular formula is C11H13F3N2O4S. The van der Waals surface area contributed by atoms with Gasteiger partial charge in [-0.2, -0.15) is 0 Å². The van der Waals surface area contributed by atoms with Crippen molar-refractivity contribution in [1.82, 2.24) is 4.72 Å². The molecule has 0 fully saturated rings. The Morgan fingerprint density at radius 3 is 2.48 bits per heavy atom. The molecule has 1 atom stereocenters. The van der Waals surface area contributed by atoms with Crippen molar-refractivity contribution in [2.75, 3.05) is 11.9 Å². The average Bonchev–Trinajstić information content (AvgIpc) is 2.34. The monoisotopic (exact) mass is 326 g/mol. The zero-order chi connectivity index (χ0) is 16.2. The molecule has 1 amide bonds. The van der Waals surface area contributed by atoms with E-state index in [2.05, 4.69) is 5.32 Å². The highest BCUT2D eigenvalue weighted by Gasteiger charge is 2.23. The van der Waals surface area contributed by atoms with Gasteiger partial charge in [-0.3, -0.25) is 4.79 Å². The first-order chi connectivity index (χ1) is 9.63. The summed E-state index contributed by atoms with van der Waals surface area (Å²) in [5, 5.41) is 11.1. The fourth-order valence-electron chi connectivity index (χ4n) is 1.36. The lowest BCUT2D eigenvalue weighted by Gasteiger charge is -2.12. The predicted molar refractivity (Wildman–Crippen MR) is 67.9 cm³/mol. The van der Waals surface area contributed by atoms with Gasteiger partial charge in [-0.15, -0.1) is 0 Å². The molecule has 0 aliphatic heterocycles. The Kier molecular flexibility index (Phi) is 5.70. The van der Waals surface area contributed by atoms with Crippen LogP contribution in [0.25, 0.3) is 0 Å². The number of sulfonamides is 1. The van der Waals surface area contributed by atoms with Crippen molar-refractivity contribution in [2.45, 2.75) is 24.3 Å². The van der Waals surface area contributed by atoms with Gasteiger partial charge < -0.3 is 10.4 Å². The van der Waals surface area contributed by atoms with Crippen LogP contribution in [0.3, 0.4) is 0 Å². The molecule has 10 heteroatoms. The normalized spacial score (nSPS) is 13.2. The Morgan fingerprint density at radius 1 is 1.38 bits per heavy atom. The second-order valence-electron chi connectivity index (χ2n) is 4.08. The minimum Gasteiger partial charge on any atom is -0.386 e. The van der Waals surface area contributed by atoms with Crippen LogP contribution in [0.2, 0.25) is 0 Å². The molecule has 21 heavy (non-hydrogen) atoms. The molecule has 0 saturated heterocycles. The smallest absolute Gasteiger partial charge is 0.265 e. The van der Waals surface area contributed by atoms with E-state index in [1.807, 2.05) is 0 Å². The van der Waals surface area contributed by atoms with E-state index < -0.39 is 45.7 Å². The van der Waals surface area contributed by atoms with E-state index >= 15 is 0 Å². The van der Waals surface area contributed by atoms with E-state index in [1.54, 1.807) is 4.72 Å². The number of rotatable bonds is 6. The standard InChI is InChI=1S/C11H13F3N2O4S/c1-6(17)16-7-2-3-10(8(12)4-7)21(19,20)15-5-9(18)11(13)14/h2-4,9,11,15,18H,5H2,1H3,(H,16,17). The quantitative estimate of drug-likeness (QED) is 0.717. The highest BCUT2D eigenvalue weighted by Crippen LogP contribution is 2.19. The Hall–Kier alpha value is -1.65. The summed E-state index contributed by atoms with van der Waals surface area (Å²) in [6, 6.07) is 2.79. The molecule has 1 rings (SSSR count). The zero-order valence-electron chi connectivity index (χ0n) is 10.8. The van der Waals surface area contributed by atoms with E-state index in [-0.39, 0.29) is 5.69 Å². The van der Waals surface area contributed by atoms with Gasteiger partial charge in [-0.05, 0) is 18.2 Å². The van der Waals surface area contributed by atoms with Crippen molar-refractivity contribution in [3.8, 4) is 0 Å². The van der Waals surface area contributed by atoms with Gasteiger partial charge in [0.05, 0.1) is 0 Å². The van der Waals surface area contributed by atoms with Gasteiger partial charge in [0.2, 0.25) is 15.9 Å². The van der Waals surface area contributed by atoms with Crippen LogP contribution in [0.1, 0.15) is 6.92 Å². The molecule has 0 aliphatic rings. The van der Waals surface area contributed by atoms with Crippen LogP contribution in [0.4, 0.5) is 18.9 Å². The van der Waals surface area contributed by atoms with Crippen molar-refractivity contribution < 1.29 is 31.5 Å². The molecule has 3 N–H and O–H groups in total. The van der Waals surface area contributed by atoms with E-state index in [4.69, 9.17) is 5.11 Å². The Balaban J connectivity index is 2.91. The van der Waals surface area contributed by atoms with Crippen LogP contribution >= 0.6 is 0 Å². The summed E-state index contributed by atoms with van der Waals surface area (Å²) < 4.78 is 62.9. The number of hydrogen-bond donors (Lipinski definition) is 3. The topological polar surface area (TPSA) is 95.5 Å². The fraction of sp³-hybridized carbons (Fsp3) is 0.364. The summed E-state index contributed by atoms with van der Waals surface area (Å²) in [4.78, 5) is 10.0. The van der Waals surface area contributed by atoms with Crippen LogP contribution in [-0.2, 0) is 14.8 Å². The number of aliphatic hydroxyl groups excluding tert-OH is 1. The number of carbonyl (C=O) groups is 1. The summed E-state index contributed by atoms with van der Waals surface area (Å²) in [7, 11) is -4.40. The van der Waals surface area contributed by atoms with Crippen LogP contribution in [-0.4, -0.2) is 38.5 Å². The van der Waals surface area contributed by atoms with E-state index in [0.29, 0.717) is 0 Å². The van der Waals surface area contributed by atoms with Crippen LogP contribution in [0.5, 0.6) is 0 Å². The van der Waals surface area contributed by atoms with Gasteiger partial charge in [0.1, 0.15) is 16.8 Å². The lowest BCUT2D eigenvalue weighted by Crippen LogP contribution is -2.36. The third-order valence-corrected chi connectivity index (χ3v) is 3.77. The van der Waals surface area contributed by atoms with Gasteiger partial charge in [-0.25, -0.2) is 26.3 Å². The van der Waals surface area contributed by atoms with Crippen molar-refractivity contribution >= 4 is 21.6 Å². The van der Waals surface area contributed by atoms with E-state index in [1.165, 1.54) is 6.92 Å². The molecule has 0 aromatic heterocycles. The summed E-state index contributed by atoms with van der Waals surface area (Å²) >= 11 is 0. The predicted octanol–water partition coefficient (Wildman–Crippen LogP) is 0.688. The first-order valence-electron chi connectivity index (χ1n) is 5.66. The van der Waals surface area contributed by atoms with Crippen molar-refractivity contribution in [1.29, 1.82) is 0 Å². The average molecular weight is 326 g/mol. The van der Waals surface area contributed by atoms with Crippen molar-refractivity contribution in [2.24, 2.45) is 0 Å². The Morgan fingerprint density at radius 2 is 2.00 bits per heavy atom. The molecule has 0 saturated carbocycles. The number of halogens is 3. The van der Waals surface area contributed by atoms with Crippen LogP contribution in [0.15, 0.2) is 23.1 Å². The SMILES string of the molecule is CC(=O)Nc1ccc(S(=O)(=O)NCC(O)C(F)F)c(F)c1. The van der Waals surface area contributed by atoms with Gasteiger partial charge in [0.15, 0.2) is 0 Å². The second kappa shape index (κ2) is 6.87. The number of alkyl halides is 2. The molecule has 0 radical (unpaired) electrons. The first-order valence-corrected chi connectivity index (χ1v) is 7.15. The third-order valence-electron chi connectivity index (χ3n) is 2.32. The summed E-state index contributed by atoms with van der Waals surface area (Å²) in [5.41, 5.74) is 0.0477. The molecule has 1 aromatic rings. The fourth-order valence-corrected chi connectivity index (χ4v) is 2.47. The minimum atomic E-state index is -4.40. The van der Waals surface area contributed by atoms with Crippen LogP contribution in [0, 0.1) is 5.82 Å². The number of amides is 1. The second-order valence-corrected chi connectivity index (χ2v) is 5.82. The molecular weight excluding hydrogens is 313 g/mol. The van der Waals surface area contributed by atoms with Gasteiger partial charge in [0.25, 0.3) is 6.43 Å². The maximum Gasteiger partial charge on any atom is 0.265 e. The summed E-state index contributed by atoms with van der Waals surface area (Å²) in [6.45, 7) is 0.239. The molecule has 0 bridgehead atoms. The molecule has 0 aliphatic carbocycles. The number of anilines is 1. The maximum atomic E-state index is 13.7. The van der Waals surface area contributed by atoms with Gasteiger partial charge in [-0.1, -0.05) is 0 Å². The van der Waals surface area contributed by atoms with Gasteiger partial charge >= 0.3 is 0 Å². The van der Waals surface area contributed by atoms with Crippen molar-refractivity contribution in [3.05, 3.63) is 24.0 Å². The molecule has 0 heterocycles. The maximum absolute atomic E-state index is 13.7. The zero-order valence-corrected chi connectivity index (χ0v) is 11.6. The minimum absolute atomic E-state index is 0.0477. The lowest BCUT2D eigenvalue weighted by molar-refractivity contribution is -0.114. The van der Waals surface area contributed by atoms with Gasteiger partial charge in [0, 0.05) is 19.2 Å². The number of carbonyl (C=O) groups excluding carboxylic acids is 1. The van der Waals surface area contributed by atoms with E-state index in [9.17, 15) is 26.4 Å². The Bertz CT molecular complexity index is 622. The lowest BCUT2D eigenvalue weighted by atomic mass is 10.3. The summed E-state index contributed by atoms with van der Waals surface area (Å²) in [6.07, 6.45) is -5.32. The first kappa shape index (κ1) is 17.4. The molecule has 1 unspecified atom stereocenters. The highest BCUT2D eigenvalue weighted by molar-refractivity contribution is 7.89. The highest BCUT2D eigenvalue weighted by atomic mass is 32.2. The molecule has 118 valence electrons. The molecule has 1 aromatic carbocycles. The number of hydrogen-bond acceptors (Lipinski definition) is 4. The summed E-state index contributed by atoms with van der Waals surface area (Å²) in [5.74, 6) is -1.64. The third kappa shape index (κ3) is 4.99.